The largest absolute Gasteiger partial charge is 0.416 e. The maximum Gasteiger partial charge on any atom is 0.416 e. The Bertz CT molecular complexity index is 1020. The van der Waals surface area contributed by atoms with Gasteiger partial charge < -0.3 is 5.32 Å². The van der Waals surface area contributed by atoms with Crippen molar-refractivity contribution in [2.45, 2.75) is 12.7 Å². The van der Waals surface area contributed by atoms with Gasteiger partial charge in [-0.2, -0.15) is 18.3 Å². The second kappa shape index (κ2) is 6.41. The Morgan fingerprint density at radius 3 is 2.58 bits per heavy atom. The van der Waals surface area contributed by atoms with Crippen molar-refractivity contribution in [3.8, 4) is 5.69 Å². The third kappa shape index (κ3) is 3.38. The first-order valence-corrected chi connectivity index (χ1v) is 8.46. The molecule has 0 fully saturated rings. The molecule has 0 atom stereocenters. The monoisotopic (exact) mass is 375 g/mol. The topological polar surface area (TPSA) is 55.6 Å². The van der Waals surface area contributed by atoms with Gasteiger partial charge in [0.25, 0.3) is 0 Å². The van der Waals surface area contributed by atoms with Crippen molar-refractivity contribution < 1.29 is 13.2 Å². The zero-order valence-electron chi connectivity index (χ0n) is 13.2. The standard InChI is InChI=1S/C17H12F3N5S/c18-17(19,20)12-3-6-15-14(7-12)24-16(26-15)22-8-11-1-4-13(5-2-11)25-10-21-9-23-25/h1-7,9-10H,8H2,(H,22,24). The van der Waals surface area contributed by atoms with Gasteiger partial charge in [-0.05, 0) is 35.9 Å². The molecule has 1 N–H and O–H groups in total. The number of hydrogen-bond acceptors (Lipinski definition) is 5. The number of hydrogen-bond donors (Lipinski definition) is 1. The van der Waals surface area contributed by atoms with Gasteiger partial charge in [-0.1, -0.05) is 23.5 Å². The second-order valence-electron chi connectivity index (χ2n) is 5.56. The molecule has 5 nitrogen and oxygen atoms in total. The third-order valence-corrected chi connectivity index (χ3v) is 4.77. The van der Waals surface area contributed by atoms with Gasteiger partial charge in [-0.3, -0.25) is 0 Å². The molecule has 0 saturated carbocycles. The lowest BCUT2D eigenvalue weighted by molar-refractivity contribution is -0.137. The first-order chi connectivity index (χ1) is 12.5. The molecule has 0 radical (unpaired) electrons. The number of nitrogens with zero attached hydrogens (tertiary/aromatic N) is 4. The molecule has 2 aromatic heterocycles. The fourth-order valence-electron chi connectivity index (χ4n) is 2.47. The van der Waals surface area contributed by atoms with Crippen molar-refractivity contribution in [3.05, 3.63) is 66.2 Å². The van der Waals surface area contributed by atoms with E-state index in [1.807, 2.05) is 24.3 Å². The van der Waals surface area contributed by atoms with Gasteiger partial charge >= 0.3 is 6.18 Å². The van der Waals surface area contributed by atoms with Crippen LogP contribution in [0.3, 0.4) is 0 Å². The van der Waals surface area contributed by atoms with Crippen LogP contribution in [0.15, 0.2) is 55.1 Å². The van der Waals surface area contributed by atoms with Crippen LogP contribution in [0, 0.1) is 0 Å². The van der Waals surface area contributed by atoms with Gasteiger partial charge in [0.2, 0.25) is 0 Å². The smallest absolute Gasteiger partial charge is 0.357 e. The molecule has 26 heavy (non-hydrogen) atoms. The number of rotatable bonds is 4. The summed E-state index contributed by atoms with van der Waals surface area (Å²) in [6.07, 6.45) is -1.28. The molecule has 0 amide bonds. The summed E-state index contributed by atoms with van der Waals surface area (Å²) >= 11 is 1.33. The molecule has 9 heteroatoms. The van der Waals surface area contributed by atoms with Crippen molar-refractivity contribution in [1.82, 2.24) is 19.7 Å². The van der Waals surface area contributed by atoms with Crippen LogP contribution in [0.4, 0.5) is 18.3 Å². The van der Waals surface area contributed by atoms with Crippen molar-refractivity contribution in [2.24, 2.45) is 0 Å². The molecule has 0 aliphatic heterocycles. The molecule has 4 rings (SSSR count). The minimum Gasteiger partial charge on any atom is -0.357 e. The predicted octanol–water partition coefficient (Wildman–Crippen LogP) is 4.51. The summed E-state index contributed by atoms with van der Waals surface area (Å²) < 4.78 is 40.7. The van der Waals surface area contributed by atoms with Crippen LogP contribution in [0.5, 0.6) is 0 Å². The highest BCUT2D eigenvalue weighted by molar-refractivity contribution is 7.22. The molecule has 2 aromatic carbocycles. The van der Waals surface area contributed by atoms with Gasteiger partial charge in [-0.15, -0.1) is 0 Å². The van der Waals surface area contributed by atoms with E-state index in [-0.39, 0.29) is 0 Å². The lowest BCUT2D eigenvalue weighted by Crippen LogP contribution is -2.04. The average molecular weight is 375 g/mol. The zero-order valence-corrected chi connectivity index (χ0v) is 14.1. The fraction of sp³-hybridized carbons (Fsp3) is 0.118. The van der Waals surface area contributed by atoms with Gasteiger partial charge in [0, 0.05) is 6.54 Å². The Labute approximate surface area is 150 Å². The number of nitrogens with one attached hydrogen (secondary N) is 1. The van der Waals surface area contributed by atoms with Crippen LogP contribution in [0.2, 0.25) is 0 Å². The van der Waals surface area contributed by atoms with Gasteiger partial charge in [0.15, 0.2) is 5.13 Å². The summed E-state index contributed by atoms with van der Waals surface area (Å²) in [6, 6.07) is 11.3. The number of thiazole rings is 1. The van der Waals surface area contributed by atoms with Crippen LogP contribution in [0.25, 0.3) is 15.9 Å². The number of alkyl halides is 3. The Balaban J connectivity index is 1.47. The highest BCUT2D eigenvalue weighted by Crippen LogP contribution is 2.34. The first kappa shape index (κ1) is 16.5. The Hall–Kier alpha value is -2.94. The lowest BCUT2D eigenvalue weighted by atomic mass is 10.2. The molecule has 0 saturated heterocycles. The zero-order chi connectivity index (χ0) is 18.1. The molecule has 0 aliphatic carbocycles. The molecule has 0 aliphatic rings. The van der Waals surface area contributed by atoms with Crippen molar-refractivity contribution >= 4 is 26.7 Å². The Morgan fingerprint density at radius 1 is 1.08 bits per heavy atom. The van der Waals surface area contributed by atoms with Crippen LogP contribution in [0.1, 0.15) is 11.1 Å². The van der Waals surface area contributed by atoms with Crippen molar-refractivity contribution in [2.75, 3.05) is 5.32 Å². The minimum atomic E-state index is -4.36. The second-order valence-corrected chi connectivity index (χ2v) is 6.59. The van der Waals surface area contributed by atoms with E-state index in [0.717, 1.165) is 23.4 Å². The molecule has 2 heterocycles. The third-order valence-electron chi connectivity index (χ3n) is 3.78. The number of halogens is 3. The van der Waals surface area contributed by atoms with Crippen LogP contribution < -0.4 is 5.32 Å². The van der Waals surface area contributed by atoms with Gasteiger partial charge in [0.1, 0.15) is 12.7 Å². The van der Waals surface area contributed by atoms with Crippen molar-refractivity contribution in [3.63, 3.8) is 0 Å². The SMILES string of the molecule is FC(F)(F)c1ccc2sc(NCc3ccc(-n4cncn4)cc3)nc2c1. The van der Waals surface area contributed by atoms with Gasteiger partial charge in [-0.25, -0.2) is 14.6 Å². The van der Waals surface area contributed by atoms with Crippen LogP contribution in [-0.4, -0.2) is 19.7 Å². The molecule has 132 valence electrons. The molecule has 0 bridgehead atoms. The summed E-state index contributed by atoms with van der Waals surface area (Å²) in [6.45, 7) is 0.517. The highest BCUT2D eigenvalue weighted by atomic mass is 32.1. The summed E-state index contributed by atoms with van der Waals surface area (Å²) in [7, 11) is 0. The number of anilines is 1. The quantitative estimate of drug-likeness (QED) is 0.570. The summed E-state index contributed by atoms with van der Waals surface area (Å²) in [5.41, 5.74) is 1.56. The summed E-state index contributed by atoms with van der Waals surface area (Å²) in [4.78, 5) is 8.15. The van der Waals surface area contributed by atoms with E-state index in [0.29, 0.717) is 21.9 Å². The lowest BCUT2D eigenvalue weighted by Gasteiger charge is -2.05. The minimum absolute atomic E-state index is 0.342. The Kier molecular flexibility index (Phi) is 4.08. The number of aromatic nitrogens is 4. The predicted molar refractivity (Wildman–Crippen MR) is 93.3 cm³/mol. The average Bonchev–Trinajstić information content (AvgIpc) is 3.28. The maximum absolute atomic E-state index is 12.8. The Morgan fingerprint density at radius 2 is 1.88 bits per heavy atom. The van der Waals surface area contributed by atoms with E-state index < -0.39 is 11.7 Å². The van der Waals surface area contributed by atoms with Crippen LogP contribution in [-0.2, 0) is 12.7 Å². The van der Waals surface area contributed by atoms with Gasteiger partial charge in [0.05, 0.1) is 21.5 Å². The van der Waals surface area contributed by atoms with E-state index in [9.17, 15) is 13.2 Å². The van der Waals surface area contributed by atoms with Crippen LogP contribution >= 0.6 is 11.3 Å². The molecule has 4 aromatic rings. The first-order valence-electron chi connectivity index (χ1n) is 7.65. The van der Waals surface area contributed by atoms with E-state index in [1.54, 1.807) is 11.0 Å². The number of fused-ring (bicyclic) bond motifs is 1. The molecular weight excluding hydrogens is 363 g/mol. The summed E-state index contributed by atoms with van der Waals surface area (Å²) in [5.74, 6) is 0. The highest BCUT2D eigenvalue weighted by Gasteiger charge is 2.30. The van der Waals surface area contributed by atoms with E-state index >= 15 is 0 Å². The van der Waals surface area contributed by atoms with E-state index in [1.165, 1.54) is 23.7 Å². The molecule has 0 spiro atoms. The van der Waals surface area contributed by atoms with Crippen molar-refractivity contribution in [1.29, 1.82) is 0 Å². The normalized spacial score (nSPS) is 11.8. The summed E-state index contributed by atoms with van der Waals surface area (Å²) in [5, 5.41) is 7.80. The maximum atomic E-state index is 12.8. The van der Waals surface area contributed by atoms with E-state index in [2.05, 4.69) is 20.4 Å². The number of benzene rings is 2. The fourth-order valence-corrected chi connectivity index (χ4v) is 3.31. The molecular formula is C17H12F3N5S. The van der Waals surface area contributed by atoms with E-state index in [4.69, 9.17) is 0 Å². The molecule has 0 unspecified atom stereocenters.